The van der Waals surface area contributed by atoms with Crippen LogP contribution < -0.4 is 5.73 Å². The first-order valence-corrected chi connectivity index (χ1v) is 7.89. The molecule has 0 amide bonds. The second-order valence-electron chi connectivity index (χ2n) is 6.71. The molecule has 0 bridgehead atoms. The first-order chi connectivity index (χ1) is 8.46. The van der Waals surface area contributed by atoms with Crippen LogP contribution in [0.25, 0.3) is 0 Å². The van der Waals surface area contributed by atoms with Gasteiger partial charge in [-0.05, 0) is 58.0 Å². The Kier molecular flexibility index (Phi) is 6.13. The van der Waals surface area contributed by atoms with Crippen molar-refractivity contribution in [1.82, 2.24) is 4.90 Å². The molecule has 2 heteroatoms. The summed E-state index contributed by atoms with van der Waals surface area (Å²) in [5.74, 6) is 1.69. The Hall–Kier alpha value is -0.0800. The van der Waals surface area contributed by atoms with Gasteiger partial charge in [-0.15, -0.1) is 0 Å². The molecule has 0 heterocycles. The molecule has 108 valence electrons. The van der Waals surface area contributed by atoms with Crippen LogP contribution in [0.3, 0.4) is 0 Å². The molecule has 1 aliphatic carbocycles. The summed E-state index contributed by atoms with van der Waals surface area (Å²) < 4.78 is 0. The van der Waals surface area contributed by atoms with Gasteiger partial charge in [0.2, 0.25) is 0 Å². The van der Waals surface area contributed by atoms with E-state index in [1.807, 2.05) is 0 Å². The predicted molar refractivity (Wildman–Crippen MR) is 80.7 cm³/mol. The number of hydrogen-bond acceptors (Lipinski definition) is 2. The molecule has 0 spiro atoms. The van der Waals surface area contributed by atoms with E-state index in [4.69, 9.17) is 5.73 Å². The number of hydrogen-bond donors (Lipinski definition) is 1. The van der Waals surface area contributed by atoms with Crippen molar-refractivity contribution in [2.75, 3.05) is 14.1 Å². The predicted octanol–water partition coefficient (Wildman–Crippen LogP) is 3.65. The van der Waals surface area contributed by atoms with Crippen LogP contribution in [0.2, 0.25) is 0 Å². The highest BCUT2D eigenvalue weighted by Gasteiger charge is 2.41. The summed E-state index contributed by atoms with van der Waals surface area (Å²) in [5, 5.41) is 0. The summed E-state index contributed by atoms with van der Waals surface area (Å²) in [6.45, 7) is 6.98. The molecule has 18 heavy (non-hydrogen) atoms. The lowest BCUT2D eigenvalue weighted by atomic mass is 9.70. The molecule has 1 atom stereocenters. The third-order valence-corrected chi connectivity index (χ3v) is 5.46. The molecule has 1 saturated carbocycles. The van der Waals surface area contributed by atoms with E-state index in [1.54, 1.807) is 0 Å². The van der Waals surface area contributed by atoms with Crippen LogP contribution in [-0.2, 0) is 0 Å². The number of likely N-dealkylation sites (N-methyl/N-ethyl adjacent to an activating group) is 1. The average Bonchev–Trinajstić information content (AvgIpc) is 2.36. The Bertz CT molecular complexity index is 225. The Morgan fingerprint density at radius 3 is 2.06 bits per heavy atom. The van der Waals surface area contributed by atoms with Gasteiger partial charge in [-0.1, -0.05) is 33.6 Å². The summed E-state index contributed by atoms with van der Waals surface area (Å²) in [7, 11) is 4.45. The van der Waals surface area contributed by atoms with E-state index in [-0.39, 0.29) is 5.54 Å². The van der Waals surface area contributed by atoms with Crippen molar-refractivity contribution in [2.24, 2.45) is 17.6 Å². The molecule has 1 fully saturated rings. The lowest BCUT2D eigenvalue weighted by Crippen LogP contribution is -2.59. The second-order valence-corrected chi connectivity index (χ2v) is 6.71. The summed E-state index contributed by atoms with van der Waals surface area (Å²) in [6.07, 6.45) is 8.97. The van der Waals surface area contributed by atoms with Crippen LogP contribution in [0.4, 0.5) is 0 Å². The van der Waals surface area contributed by atoms with Crippen LogP contribution in [0.1, 0.15) is 65.7 Å². The first-order valence-electron chi connectivity index (χ1n) is 7.89. The van der Waals surface area contributed by atoms with Crippen LogP contribution in [0, 0.1) is 11.8 Å². The van der Waals surface area contributed by atoms with E-state index < -0.39 is 0 Å². The smallest absolute Gasteiger partial charge is 0.0354 e. The lowest BCUT2D eigenvalue weighted by molar-refractivity contribution is 0.0479. The minimum atomic E-state index is 0.259. The Morgan fingerprint density at radius 1 is 1.17 bits per heavy atom. The Morgan fingerprint density at radius 2 is 1.67 bits per heavy atom. The molecule has 2 N–H and O–H groups in total. The standard InChI is InChI=1S/C16H34N2/c1-6-14(7-2)12-15(17)16(18(4)5)10-8-13(3)9-11-16/h13-15H,6-12,17H2,1-5H3. The molecule has 0 aromatic heterocycles. The molecule has 0 radical (unpaired) electrons. The molecule has 0 saturated heterocycles. The van der Waals surface area contributed by atoms with Crippen LogP contribution >= 0.6 is 0 Å². The topological polar surface area (TPSA) is 29.3 Å². The fraction of sp³-hybridized carbons (Fsp3) is 1.00. The maximum Gasteiger partial charge on any atom is 0.0354 e. The third-order valence-electron chi connectivity index (χ3n) is 5.46. The van der Waals surface area contributed by atoms with E-state index in [2.05, 4.69) is 39.8 Å². The fourth-order valence-corrected chi connectivity index (χ4v) is 3.61. The van der Waals surface area contributed by atoms with Crippen molar-refractivity contribution >= 4 is 0 Å². The van der Waals surface area contributed by atoms with E-state index in [0.717, 1.165) is 11.8 Å². The third kappa shape index (κ3) is 3.48. The zero-order valence-electron chi connectivity index (χ0n) is 13.2. The fourth-order valence-electron chi connectivity index (χ4n) is 3.61. The zero-order chi connectivity index (χ0) is 13.8. The molecule has 0 aliphatic heterocycles. The van der Waals surface area contributed by atoms with Gasteiger partial charge in [-0.3, -0.25) is 0 Å². The molecule has 1 rings (SSSR count). The van der Waals surface area contributed by atoms with Crippen molar-refractivity contribution < 1.29 is 0 Å². The lowest BCUT2D eigenvalue weighted by Gasteiger charge is -2.49. The minimum Gasteiger partial charge on any atom is -0.326 e. The maximum absolute atomic E-state index is 6.64. The van der Waals surface area contributed by atoms with E-state index in [9.17, 15) is 0 Å². The average molecular weight is 254 g/mol. The van der Waals surface area contributed by atoms with Crippen LogP contribution in [0.15, 0.2) is 0 Å². The monoisotopic (exact) mass is 254 g/mol. The minimum absolute atomic E-state index is 0.259. The summed E-state index contributed by atoms with van der Waals surface area (Å²) in [5.41, 5.74) is 6.90. The van der Waals surface area contributed by atoms with Crippen molar-refractivity contribution in [3.05, 3.63) is 0 Å². The van der Waals surface area contributed by atoms with Crippen molar-refractivity contribution in [3.8, 4) is 0 Å². The van der Waals surface area contributed by atoms with E-state index >= 15 is 0 Å². The highest BCUT2D eigenvalue weighted by Crippen LogP contribution is 2.39. The highest BCUT2D eigenvalue weighted by atomic mass is 15.2. The van der Waals surface area contributed by atoms with Crippen LogP contribution in [0.5, 0.6) is 0 Å². The highest BCUT2D eigenvalue weighted by molar-refractivity contribution is 5.00. The van der Waals surface area contributed by atoms with Crippen molar-refractivity contribution in [1.29, 1.82) is 0 Å². The molecule has 0 aromatic rings. The van der Waals surface area contributed by atoms with E-state index in [1.165, 1.54) is 44.9 Å². The maximum atomic E-state index is 6.64. The van der Waals surface area contributed by atoms with Gasteiger partial charge < -0.3 is 10.6 Å². The molecule has 1 unspecified atom stereocenters. The zero-order valence-corrected chi connectivity index (χ0v) is 13.2. The summed E-state index contributed by atoms with van der Waals surface area (Å²) >= 11 is 0. The summed E-state index contributed by atoms with van der Waals surface area (Å²) in [6, 6.07) is 0.338. The number of nitrogens with two attached hydrogens (primary N) is 1. The molecule has 1 aliphatic rings. The SMILES string of the molecule is CCC(CC)CC(N)C1(N(C)C)CCC(C)CC1. The van der Waals surface area contributed by atoms with Crippen molar-refractivity contribution in [3.63, 3.8) is 0 Å². The normalized spacial score (nSPS) is 31.0. The van der Waals surface area contributed by atoms with Crippen molar-refractivity contribution in [2.45, 2.75) is 77.3 Å². The molecule has 0 aromatic carbocycles. The molecule has 2 nitrogen and oxygen atoms in total. The van der Waals surface area contributed by atoms with Crippen LogP contribution in [-0.4, -0.2) is 30.6 Å². The van der Waals surface area contributed by atoms with Gasteiger partial charge in [0.15, 0.2) is 0 Å². The van der Waals surface area contributed by atoms with Gasteiger partial charge in [0.1, 0.15) is 0 Å². The largest absolute Gasteiger partial charge is 0.326 e. The first kappa shape index (κ1) is 16.0. The van der Waals surface area contributed by atoms with Gasteiger partial charge in [-0.2, -0.15) is 0 Å². The van der Waals surface area contributed by atoms with Gasteiger partial charge in [-0.25, -0.2) is 0 Å². The van der Waals surface area contributed by atoms with E-state index in [0.29, 0.717) is 6.04 Å². The second kappa shape index (κ2) is 6.91. The summed E-state index contributed by atoms with van der Waals surface area (Å²) in [4.78, 5) is 2.42. The number of nitrogens with zero attached hydrogens (tertiary/aromatic N) is 1. The van der Waals surface area contributed by atoms with Gasteiger partial charge in [0, 0.05) is 11.6 Å². The Balaban J connectivity index is 2.72. The quantitative estimate of drug-likeness (QED) is 0.784. The van der Waals surface area contributed by atoms with Gasteiger partial charge in [0.25, 0.3) is 0 Å². The number of rotatable bonds is 6. The Labute approximate surface area is 114 Å². The van der Waals surface area contributed by atoms with Gasteiger partial charge >= 0.3 is 0 Å². The van der Waals surface area contributed by atoms with Gasteiger partial charge in [0.05, 0.1) is 0 Å². The molecular formula is C16H34N2. The molecular weight excluding hydrogens is 220 g/mol.